The highest BCUT2D eigenvalue weighted by Gasteiger charge is 2.59. The van der Waals surface area contributed by atoms with Gasteiger partial charge in [0, 0.05) is 124 Å². The Labute approximate surface area is 368 Å². The van der Waals surface area contributed by atoms with Gasteiger partial charge >= 0.3 is 6.09 Å². The highest BCUT2D eigenvalue weighted by atomic mass is 16.6. The van der Waals surface area contributed by atoms with Gasteiger partial charge in [0.15, 0.2) is 0 Å². The van der Waals surface area contributed by atoms with Crippen LogP contribution < -0.4 is 48.7 Å². The molecule has 4 rings (SSSR count). The Bertz CT molecular complexity index is 1210. The lowest BCUT2D eigenvalue weighted by atomic mass is 9.47. The molecule has 3 saturated carbocycles. The topological polar surface area (TPSA) is 166 Å². The quantitative estimate of drug-likeness (QED) is 0.0346. The number of nitrogens with zero attached hydrogens (tertiary/aromatic N) is 1. The normalized spacial score (nSPS) is 28.5. The number of ether oxygens (including phenoxy) is 1. The second-order valence-electron chi connectivity index (χ2n) is 20.0. The van der Waals surface area contributed by atoms with Gasteiger partial charge in [0.25, 0.3) is 0 Å². The van der Waals surface area contributed by atoms with Gasteiger partial charge in [-0.1, -0.05) is 66.0 Å². The lowest BCUT2D eigenvalue weighted by molar-refractivity contribution is -0.0595. The summed E-state index contributed by atoms with van der Waals surface area (Å²) in [6.45, 7) is 30.4. The van der Waals surface area contributed by atoms with Crippen LogP contribution in [0.3, 0.4) is 0 Å². The number of amides is 1. The maximum absolute atomic E-state index is 13.5. The van der Waals surface area contributed by atoms with E-state index in [0.29, 0.717) is 31.6 Å². The Morgan fingerprint density at radius 3 is 1.82 bits per heavy atom. The molecule has 1 amide bonds. The molecular formula is C48H96N10O2. The first-order chi connectivity index (χ1) is 29.1. The molecule has 12 nitrogen and oxygen atoms in total. The minimum atomic E-state index is -0.200. The molecule has 0 bridgehead atoms. The molecule has 9 atom stereocenters. The summed E-state index contributed by atoms with van der Waals surface area (Å²) < 4.78 is 6.25. The molecule has 0 radical (unpaired) electrons. The van der Waals surface area contributed by atoms with Crippen molar-refractivity contribution in [1.29, 1.82) is 0 Å². The molecule has 350 valence electrons. The van der Waals surface area contributed by atoms with E-state index in [4.69, 9.17) is 16.2 Å². The minimum absolute atomic E-state index is 0.0339. The van der Waals surface area contributed by atoms with Crippen LogP contribution in [-0.2, 0) is 4.74 Å². The van der Waals surface area contributed by atoms with E-state index in [9.17, 15) is 4.79 Å². The van der Waals surface area contributed by atoms with E-state index in [1.807, 2.05) is 0 Å². The third-order valence-corrected chi connectivity index (χ3v) is 16.0. The molecule has 0 aromatic carbocycles. The van der Waals surface area contributed by atoms with Crippen molar-refractivity contribution < 1.29 is 9.53 Å². The van der Waals surface area contributed by atoms with Gasteiger partial charge in [0.05, 0.1) is 0 Å². The smallest absolute Gasteiger partial charge is 0.410 e. The van der Waals surface area contributed by atoms with Crippen molar-refractivity contribution in [3.8, 4) is 0 Å². The summed E-state index contributed by atoms with van der Waals surface area (Å²) in [7, 11) is 0. The van der Waals surface area contributed by atoms with Crippen LogP contribution in [0, 0.1) is 52.3 Å². The molecule has 0 saturated heterocycles. The summed E-state index contributed by atoms with van der Waals surface area (Å²) in [6.07, 6.45) is 16.4. The van der Waals surface area contributed by atoms with Crippen LogP contribution in [0.15, 0.2) is 11.6 Å². The predicted octanol–water partition coefficient (Wildman–Crippen LogP) is 4.52. The van der Waals surface area contributed by atoms with Crippen LogP contribution in [-0.4, -0.2) is 135 Å². The molecule has 0 heterocycles. The number of allylic oxidation sites excluding steroid dienone is 1. The van der Waals surface area contributed by atoms with Gasteiger partial charge in [-0.25, -0.2) is 4.79 Å². The first kappa shape index (κ1) is 51.3. The Hall–Kier alpha value is -1.35. The largest absolute Gasteiger partial charge is 0.446 e. The molecule has 0 aromatic heterocycles. The van der Waals surface area contributed by atoms with E-state index >= 15 is 0 Å². The van der Waals surface area contributed by atoms with Crippen LogP contribution in [0.25, 0.3) is 0 Å². The average molecular weight is 845 g/mol. The molecule has 3 fully saturated rings. The zero-order valence-electron chi connectivity index (χ0n) is 39.6. The third-order valence-electron chi connectivity index (χ3n) is 16.0. The highest BCUT2D eigenvalue weighted by Crippen LogP contribution is 2.67. The zero-order valence-corrected chi connectivity index (χ0v) is 39.6. The Morgan fingerprint density at radius 1 is 0.717 bits per heavy atom. The van der Waals surface area contributed by atoms with E-state index in [1.54, 1.807) is 10.5 Å². The van der Waals surface area contributed by atoms with Crippen LogP contribution in [0.5, 0.6) is 0 Å². The molecule has 11 N–H and O–H groups in total. The number of carbonyl (C=O) groups is 1. The number of hydrogen-bond acceptors (Lipinski definition) is 11. The van der Waals surface area contributed by atoms with Gasteiger partial charge in [0.2, 0.25) is 0 Å². The summed E-state index contributed by atoms with van der Waals surface area (Å²) in [5.41, 5.74) is 13.8. The van der Waals surface area contributed by atoms with Gasteiger partial charge in [-0.2, -0.15) is 0 Å². The second kappa shape index (κ2) is 27.8. The number of fused-ring (bicyclic) bond motifs is 5. The van der Waals surface area contributed by atoms with Crippen LogP contribution in [0.1, 0.15) is 112 Å². The van der Waals surface area contributed by atoms with Crippen LogP contribution in [0.2, 0.25) is 0 Å². The Kier molecular flexibility index (Phi) is 23.7. The summed E-state index contributed by atoms with van der Waals surface area (Å²) >= 11 is 0. The SMILES string of the molecule is CC[C@H](CC[C@@H](C)[C@H]1CC[C@H]2[C@@H]3CC=C4C[C@@H](OC(=O)N(CCN)CCNCCNCCNCCNCCNCCNCCNCCN)CC[C@]4(C)[C@H]3CC[C@]12C)C(C)C. The molecule has 60 heavy (non-hydrogen) atoms. The number of nitrogens with one attached hydrogen (secondary N) is 7. The number of rotatable bonds is 32. The molecule has 4 aliphatic rings. The summed E-state index contributed by atoms with van der Waals surface area (Å²) in [4.78, 5) is 15.3. The average Bonchev–Trinajstić information content (AvgIpc) is 3.59. The van der Waals surface area contributed by atoms with Gasteiger partial charge in [-0.05, 0) is 104 Å². The second-order valence-corrected chi connectivity index (χ2v) is 20.0. The lowest BCUT2D eigenvalue weighted by Gasteiger charge is -2.58. The Balaban J connectivity index is 1.06. The van der Waals surface area contributed by atoms with Crippen molar-refractivity contribution in [2.75, 3.05) is 118 Å². The maximum Gasteiger partial charge on any atom is 0.410 e. The molecule has 12 heteroatoms. The van der Waals surface area contributed by atoms with Crippen molar-refractivity contribution in [2.45, 2.75) is 118 Å². The standard InChI is InChI=1S/C48H96N10O2/c1-7-39(37(2)3)9-8-38(4)43-12-13-44-42-11-10-40-36-41(14-16-47(40,5)45(42)15-17-48(43,44)6)60-46(59)58(34-19-50)35-33-57-32-31-56-30-29-55-28-27-54-26-25-53-24-23-52-22-21-51-20-18-49/h10,37-39,41-45,51-57H,7-9,11-36,49-50H2,1-6H3/t38-,39-,41+,42+,43-,44+,45+,47+,48-/m1/s1. The van der Waals surface area contributed by atoms with E-state index in [-0.39, 0.29) is 17.6 Å². The van der Waals surface area contributed by atoms with Gasteiger partial charge in [-0.15, -0.1) is 0 Å². The molecule has 0 aliphatic heterocycles. The third kappa shape index (κ3) is 15.4. The lowest BCUT2D eigenvalue weighted by Crippen LogP contribution is -2.51. The number of hydrogen-bond donors (Lipinski definition) is 9. The molecule has 4 aliphatic carbocycles. The molecular weight excluding hydrogens is 749 g/mol. The number of nitrogens with two attached hydrogens (primary N) is 2. The monoisotopic (exact) mass is 845 g/mol. The van der Waals surface area contributed by atoms with Crippen molar-refractivity contribution in [2.24, 2.45) is 63.7 Å². The number of carbonyl (C=O) groups excluding carboxylic acids is 1. The van der Waals surface area contributed by atoms with E-state index in [1.165, 1.54) is 51.4 Å². The summed E-state index contributed by atoms with van der Waals surface area (Å²) in [6, 6.07) is 0. The Morgan fingerprint density at radius 2 is 1.28 bits per heavy atom. The van der Waals surface area contributed by atoms with E-state index < -0.39 is 0 Å². The van der Waals surface area contributed by atoms with Gasteiger partial charge in [0.1, 0.15) is 6.10 Å². The van der Waals surface area contributed by atoms with Crippen molar-refractivity contribution >= 4 is 6.09 Å². The molecule has 0 unspecified atom stereocenters. The maximum atomic E-state index is 13.5. The van der Waals surface area contributed by atoms with Gasteiger partial charge < -0.3 is 58.3 Å². The predicted molar refractivity (Wildman–Crippen MR) is 252 cm³/mol. The van der Waals surface area contributed by atoms with Crippen LogP contribution in [0.4, 0.5) is 4.79 Å². The zero-order chi connectivity index (χ0) is 43.2. The minimum Gasteiger partial charge on any atom is -0.446 e. The van der Waals surface area contributed by atoms with Crippen molar-refractivity contribution in [1.82, 2.24) is 42.1 Å². The van der Waals surface area contributed by atoms with Crippen LogP contribution >= 0.6 is 0 Å². The molecule has 0 spiro atoms. The first-order valence-electron chi connectivity index (χ1n) is 25.1. The summed E-state index contributed by atoms with van der Waals surface area (Å²) in [5, 5.41) is 24.1. The summed E-state index contributed by atoms with van der Waals surface area (Å²) in [5.74, 6) is 5.84. The first-order valence-corrected chi connectivity index (χ1v) is 25.1. The van der Waals surface area contributed by atoms with Crippen molar-refractivity contribution in [3.63, 3.8) is 0 Å². The highest BCUT2D eigenvalue weighted by molar-refractivity contribution is 5.68. The fraction of sp³-hybridized carbons (Fsp3) is 0.938. The van der Waals surface area contributed by atoms with Crippen molar-refractivity contribution in [3.05, 3.63) is 11.6 Å². The fourth-order valence-corrected chi connectivity index (χ4v) is 12.3. The fourth-order valence-electron chi connectivity index (χ4n) is 12.3. The van der Waals surface area contributed by atoms with E-state index in [0.717, 1.165) is 152 Å². The van der Waals surface area contributed by atoms with E-state index in [2.05, 4.69) is 84.8 Å². The molecule has 0 aromatic rings. The van der Waals surface area contributed by atoms with Gasteiger partial charge in [-0.3, -0.25) is 0 Å².